The second-order valence-corrected chi connectivity index (χ2v) is 11.1. The number of carboxylic acid groups (broad SMARTS) is 1. The molecule has 0 amide bonds. The number of anilines is 1. The van der Waals surface area contributed by atoms with Crippen molar-refractivity contribution in [1.82, 2.24) is 9.21 Å². The van der Waals surface area contributed by atoms with E-state index in [1.165, 1.54) is 4.31 Å². The van der Waals surface area contributed by atoms with Gasteiger partial charge in [-0.05, 0) is 47.5 Å². The molecule has 1 aliphatic heterocycles. The summed E-state index contributed by atoms with van der Waals surface area (Å²) in [7, 11) is -3.56. The highest BCUT2D eigenvalue weighted by Gasteiger charge is 2.29. The van der Waals surface area contributed by atoms with E-state index in [0.29, 0.717) is 49.7 Å². The van der Waals surface area contributed by atoms with Gasteiger partial charge in [-0.25, -0.2) is 8.42 Å². The van der Waals surface area contributed by atoms with Gasteiger partial charge in [0.05, 0.1) is 11.0 Å². The third-order valence-electron chi connectivity index (χ3n) is 6.14. The Balaban J connectivity index is 0.000000983. The van der Waals surface area contributed by atoms with Crippen molar-refractivity contribution in [3.8, 4) is 11.1 Å². The molecule has 0 radical (unpaired) electrons. The van der Waals surface area contributed by atoms with E-state index in [1.807, 2.05) is 54.6 Å². The number of nitrogens with two attached hydrogens (primary N) is 1. The standard InChI is InChI=1S/C26H31N5O3S.C2H4O2/c27-26(28)22-6-10-23(11-7-22)29-18-24(32)19-30-14-16-31(17-15-30)35(33,34)25-12-8-21(9-13-25)20-4-2-1-3-5-20;1-2(3)4/h1-13,24,29,32H,14-19H2,(H3,27,28);1H3,(H,3,4). The number of carbonyl (C=O) groups is 1. The molecular formula is C28H35N5O5S. The van der Waals surface area contributed by atoms with Crippen LogP contribution in [0.5, 0.6) is 0 Å². The highest BCUT2D eigenvalue weighted by molar-refractivity contribution is 7.89. The van der Waals surface area contributed by atoms with Crippen LogP contribution in [-0.2, 0) is 14.8 Å². The Morgan fingerprint density at radius 3 is 2.03 bits per heavy atom. The lowest BCUT2D eigenvalue weighted by atomic mass is 10.1. The Morgan fingerprint density at radius 1 is 0.949 bits per heavy atom. The number of hydrogen-bond donors (Lipinski definition) is 5. The Hall–Kier alpha value is -3.77. The molecule has 0 aromatic heterocycles. The summed E-state index contributed by atoms with van der Waals surface area (Å²) in [5, 5.41) is 28.5. The zero-order valence-corrected chi connectivity index (χ0v) is 22.6. The van der Waals surface area contributed by atoms with Gasteiger partial charge in [0, 0.05) is 57.4 Å². The number of nitrogens with one attached hydrogen (secondary N) is 2. The molecule has 0 saturated carbocycles. The molecule has 1 unspecified atom stereocenters. The first-order valence-electron chi connectivity index (χ1n) is 12.5. The number of nitrogen functional groups attached to an aromatic ring is 1. The normalized spacial score (nSPS) is 15.0. The van der Waals surface area contributed by atoms with E-state index in [-0.39, 0.29) is 5.84 Å². The monoisotopic (exact) mass is 553 g/mol. The van der Waals surface area contributed by atoms with Gasteiger partial charge in [-0.2, -0.15) is 4.31 Å². The number of hydrogen-bond acceptors (Lipinski definition) is 7. The smallest absolute Gasteiger partial charge is 0.300 e. The maximum atomic E-state index is 13.1. The minimum Gasteiger partial charge on any atom is -0.481 e. The van der Waals surface area contributed by atoms with E-state index in [9.17, 15) is 13.5 Å². The number of rotatable bonds is 9. The van der Waals surface area contributed by atoms with Gasteiger partial charge in [0.15, 0.2) is 0 Å². The van der Waals surface area contributed by atoms with Gasteiger partial charge in [-0.1, -0.05) is 42.5 Å². The maximum Gasteiger partial charge on any atom is 0.300 e. The first-order chi connectivity index (χ1) is 18.6. The van der Waals surface area contributed by atoms with E-state index in [2.05, 4.69) is 10.2 Å². The van der Waals surface area contributed by atoms with Crippen molar-refractivity contribution in [2.75, 3.05) is 44.6 Å². The predicted molar refractivity (Wildman–Crippen MR) is 152 cm³/mol. The molecule has 11 heteroatoms. The average Bonchev–Trinajstić information content (AvgIpc) is 2.93. The Labute approximate surface area is 229 Å². The summed E-state index contributed by atoms with van der Waals surface area (Å²) >= 11 is 0. The SMILES string of the molecule is CC(=O)O.N=C(N)c1ccc(NCC(O)CN2CCN(S(=O)(=O)c3ccc(-c4ccccc4)cc3)CC2)cc1. The number of aliphatic hydroxyl groups is 1. The van der Waals surface area contributed by atoms with Gasteiger partial charge in [0.1, 0.15) is 5.84 Å². The molecule has 0 spiro atoms. The fourth-order valence-electron chi connectivity index (χ4n) is 4.12. The van der Waals surface area contributed by atoms with Crippen molar-refractivity contribution in [3.05, 3.63) is 84.4 Å². The fourth-order valence-corrected chi connectivity index (χ4v) is 5.54. The van der Waals surface area contributed by atoms with Crippen molar-refractivity contribution in [2.24, 2.45) is 5.73 Å². The number of aliphatic hydroxyl groups excluding tert-OH is 1. The first-order valence-corrected chi connectivity index (χ1v) is 13.9. The summed E-state index contributed by atoms with van der Waals surface area (Å²) in [4.78, 5) is 11.4. The van der Waals surface area contributed by atoms with Gasteiger partial charge in [-0.15, -0.1) is 0 Å². The second kappa shape index (κ2) is 13.9. The minimum atomic E-state index is -3.56. The molecule has 1 atom stereocenters. The number of carboxylic acids is 1. The zero-order valence-electron chi connectivity index (χ0n) is 21.8. The molecule has 0 aliphatic carbocycles. The van der Waals surface area contributed by atoms with Crippen LogP contribution in [-0.4, -0.2) is 85.0 Å². The maximum absolute atomic E-state index is 13.1. The van der Waals surface area contributed by atoms with Gasteiger partial charge in [0.2, 0.25) is 10.0 Å². The van der Waals surface area contributed by atoms with E-state index in [0.717, 1.165) is 23.7 Å². The second-order valence-electron chi connectivity index (χ2n) is 9.14. The minimum absolute atomic E-state index is 0.0157. The molecule has 0 bridgehead atoms. The van der Waals surface area contributed by atoms with Crippen molar-refractivity contribution < 1.29 is 23.4 Å². The number of nitrogens with zero attached hydrogens (tertiary/aromatic N) is 2. The van der Waals surface area contributed by atoms with E-state index < -0.39 is 22.1 Å². The Bertz CT molecular complexity index is 1320. The summed E-state index contributed by atoms with van der Waals surface area (Å²) < 4.78 is 27.7. The van der Waals surface area contributed by atoms with Crippen LogP contribution in [0.15, 0.2) is 83.8 Å². The van der Waals surface area contributed by atoms with Crippen LogP contribution in [0.25, 0.3) is 11.1 Å². The molecule has 3 aromatic rings. The lowest BCUT2D eigenvalue weighted by Crippen LogP contribution is -2.50. The average molecular weight is 554 g/mol. The van der Waals surface area contributed by atoms with E-state index >= 15 is 0 Å². The number of amidine groups is 1. The highest BCUT2D eigenvalue weighted by Crippen LogP contribution is 2.23. The summed E-state index contributed by atoms with van der Waals surface area (Å²) in [5.74, 6) is -0.818. The number of aliphatic carboxylic acids is 1. The van der Waals surface area contributed by atoms with Crippen molar-refractivity contribution in [3.63, 3.8) is 0 Å². The third-order valence-corrected chi connectivity index (χ3v) is 8.05. The van der Waals surface area contributed by atoms with E-state index in [1.54, 1.807) is 24.3 Å². The van der Waals surface area contributed by atoms with Crippen molar-refractivity contribution in [2.45, 2.75) is 17.9 Å². The summed E-state index contributed by atoms with van der Waals surface area (Å²) in [5.41, 5.74) is 8.98. The third kappa shape index (κ3) is 8.89. The molecule has 1 saturated heterocycles. The van der Waals surface area contributed by atoms with Crippen LogP contribution in [0, 0.1) is 5.41 Å². The summed E-state index contributed by atoms with van der Waals surface area (Å²) in [6, 6.07) is 24.0. The zero-order chi connectivity index (χ0) is 28.4. The molecular weight excluding hydrogens is 518 g/mol. The number of benzene rings is 3. The molecule has 1 aliphatic rings. The van der Waals surface area contributed by atoms with Crippen LogP contribution in [0.2, 0.25) is 0 Å². The van der Waals surface area contributed by atoms with Gasteiger partial charge in [0.25, 0.3) is 5.97 Å². The van der Waals surface area contributed by atoms with Gasteiger partial charge >= 0.3 is 0 Å². The highest BCUT2D eigenvalue weighted by atomic mass is 32.2. The van der Waals surface area contributed by atoms with Gasteiger partial charge in [-0.3, -0.25) is 15.1 Å². The molecule has 1 heterocycles. The predicted octanol–water partition coefficient (Wildman–Crippen LogP) is 2.51. The number of piperazine rings is 1. The first kappa shape index (κ1) is 29.8. The number of sulfonamides is 1. The summed E-state index contributed by atoms with van der Waals surface area (Å²) in [6.07, 6.45) is -0.601. The van der Waals surface area contributed by atoms with Crippen molar-refractivity contribution in [1.29, 1.82) is 5.41 Å². The largest absolute Gasteiger partial charge is 0.481 e. The Morgan fingerprint density at radius 2 is 1.49 bits per heavy atom. The fraction of sp³-hybridized carbons (Fsp3) is 0.286. The Kier molecular flexibility index (Phi) is 10.6. The molecule has 3 aromatic carbocycles. The molecule has 39 heavy (non-hydrogen) atoms. The van der Waals surface area contributed by atoms with Crippen LogP contribution in [0.1, 0.15) is 12.5 Å². The van der Waals surface area contributed by atoms with Gasteiger partial charge < -0.3 is 21.3 Å². The molecule has 6 N–H and O–H groups in total. The van der Waals surface area contributed by atoms with Crippen LogP contribution >= 0.6 is 0 Å². The molecule has 208 valence electrons. The van der Waals surface area contributed by atoms with Crippen LogP contribution in [0.4, 0.5) is 5.69 Å². The molecule has 10 nitrogen and oxygen atoms in total. The van der Waals surface area contributed by atoms with Crippen molar-refractivity contribution >= 4 is 27.5 Å². The molecule has 1 fully saturated rings. The molecule has 4 rings (SSSR count). The lowest BCUT2D eigenvalue weighted by Gasteiger charge is -2.35. The summed E-state index contributed by atoms with van der Waals surface area (Å²) in [6.45, 7) is 3.80. The quantitative estimate of drug-likeness (QED) is 0.200. The van der Waals surface area contributed by atoms with Crippen LogP contribution < -0.4 is 11.1 Å². The van der Waals surface area contributed by atoms with Crippen LogP contribution in [0.3, 0.4) is 0 Å². The lowest BCUT2D eigenvalue weighted by molar-refractivity contribution is -0.134. The van der Waals surface area contributed by atoms with E-state index in [4.69, 9.17) is 21.0 Å². The topological polar surface area (TPSA) is 160 Å². The number of β-amino-alcohol motifs (C(OH)–C–C–N with tert-alkyl or cyclic N) is 1.